The van der Waals surface area contributed by atoms with Crippen LogP contribution in [0.4, 0.5) is 5.69 Å². The molecule has 0 spiro atoms. The number of hydrogen-bond donors (Lipinski definition) is 1. The molecule has 182 valence electrons. The number of allylic oxidation sites excluding steroid dienone is 1. The van der Waals surface area contributed by atoms with Gasteiger partial charge in [0.2, 0.25) is 5.82 Å². The Hall–Kier alpha value is -3.97. The minimum Gasteiger partial charge on any atom is -0.497 e. The monoisotopic (exact) mass is 496 g/mol. The SMILES string of the molecule is CCc1ccc(C2NC(=S)N(c3ccc(OC)cc3)C(C)=C2c2nc(-c3ccc(C)cc3)no2)cc1. The van der Waals surface area contributed by atoms with Crippen LogP contribution in [0, 0.1) is 6.92 Å². The van der Waals surface area contributed by atoms with Crippen LogP contribution in [0.1, 0.15) is 42.5 Å². The second-order valence-electron chi connectivity index (χ2n) is 8.80. The third kappa shape index (κ3) is 4.50. The molecule has 0 saturated heterocycles. The average Bonchev–Trinajstić information content (AvgIpc) is 3.39. The van der Waals surface area contributed by atoms with Crippen LogP contribution in [-0.4, -0.2) is 22.4 Å². The summed E-state index contributed by atoms with van der Waals surface area (Å²) in [7, 11) is 1.65. The van der Waals surface area contributed by atoms with E-state index in [4.69, 9.17) is 26.5 Å². The zero-order valence-electron chi connectivity index (χ0n) is 20.8. The highest BCUT2D eigenvalue weighted by Crippen LogP contribution is 2.39. The summed E-state index contributed by atoms with van der Waals surface area (Å²) >= 11 is 5.85. The fourth-order valence-corrected chi connectivity index (χ4v) is 4.77. The molecule has 5 rings (SSSR count). The van der Waals surface area contributed by atoms with Gasteiger partial charge in [0.1, 0.15) is 5.75 Å². The van der Waals surface area contributed by atoms with Crippen LogP contribution in [0.5, 0.6) is 5.75 Å². The third-order valence-electron chi connectivity index (χ3n) is 6.50. The van der Waals surface area contributed by atoms with Gasteiger partial charge in [-0.05, 0) is 67.9 Å². The van der Waals surface area contributed by atoms with E-state index in [-0.39, 0.29) is 6.04 Å². The van der Waals surface area contributed by atoms with Crippen molar-refractivity contribution in [1.29, 1.82) is 0 Å². The molecule has 1 unspecified atom stereocenters. The maximum absolute atomic E-state index is 5.86. The number of nitrogens with one attached hydrogen (secondary N) is 1. The summed E-state index contributed by atoms with van der Waals surface area (Å²) < 4.78 is 11.2. The van der Waals surface area contributed by atoms with Gasteiger partial charge < -0.3 is 14.6 Å². The van der Waals surface area contributed by atoms with E-state index in [0.29, 0.717) is 16.8 Å². The fourth-order valence-electron chi connectivity index (χ4n) is 4.41. The quantitative estimate of drug-likeness (QED) is 0.306. The number of aryl methyl sites for hydroxylation is 2. The number of hydrogen-bond acceptors (Lipinski definition) is 5. The van der Waals surface area contributed by atoms with Crippen LogP contribution >= 0.6 is 12.2 Å². The molecule has 1 atom stereocenters. The zero-order chi connectivity index (χ0) is 25.2. The Morgan fingerprint density at radius 3 is 2.31 bits per heavy atom. The van der Waals surface area contributed by atoms with Crippen LogP contribution < -0.4 is 15.0 Å². The molecule has 0 saturated carbocycles. The summed E-state index contributed by atoms with van der Waals surface area (Å²) in [6.45, 7) is 6.24. The maximum Gasteiger partial charge on any atom is 0.258 e. The Labute approximate surface area is 216 Å². The van der Waals surface area contributed by atoms with Gasteiger partial charge in [-0.25, -0.2) is 0 Å². The summed E-state index contributed by atoms with van der Waals surface area (Å²) in [5, 5.41) is 8.43. The summed E-state index contributed by atoms with van der Waals surface area (Å²) in [4.78, 5) is 6.81. The molecular weight excluding hydrogens is 468 g/mol. The van der Waals surface area contributed by atoms with Crippen molar-refractivity contribution in [2.75, 3.05) is 12.0 Å². The lowest BCUT2D eigenvalue weighted by molar-refractivity contribution is 0.404. The van der Waals surface area contributed by atoms with E-state index >= 15 is 0 Å². The van der Waals surface area contributed by atoms with Crippen molar-refractivity contribution in [2.45, 2.75) is 33.2 Å². The largest absolute Gasteiger partial charge is 0.497 e. The van der Waals surface area contributed by atoms with Gasteiger partial charge in [-0.2, -0.15) is 4.98 Å². The zero-order valence-corrected chi connectivity index (χ0v) is 21.6. The normalized spacial score (nSPS) is 15.7. The Kier molecular flexibility index (Phi) is 6.57. The van der Waals surface area contributed by atoms with Gasteiger partial charge in [0.15, 0.2) is 5.11 Å². The highest BCUT2D eigenvalue weighted by molar-refractivity contribution is 7.80. The predicted octanol–water partition coefficient (Wildman–Crippen LogP) is 6.48. The van der Waals surface area contributed by atoms with Crippen molar-refractivity contribution >= 4 is 28.6 Å². The highest BCUT2D eigenvalue weighted by Gasteiger charge is 2.34. The fraction of sp³-hybridized carbons (Fsp3) is 0.207. The van der Waals surface area contributed by atoms with Crippen LogP contribution in [0.3, 0.4) is 0 Å². The lowest BCUT2D eigenvalue weighted by atomic mass is 9.93. The van der Waals surface area contributed by atoms with E-state index in [1.165, 1.54) is 11.1 Å². The maximum atomic E-state index is 5.86. The lowest BCUT2D eigenvalue weighted by Crippen LogP contribution is -2.46. The molecule has 7 heteroatoms. The Morgan fingerprint density at radius 2 is 1.67 bits per heavy atom. The van der Waals surface area contributed by atoms with Crippen molar-refractivity contribution < 1.29 is 9.26 Å². The Bertz CT molecular complexity index is 1410. The van der Waals surface area contributed by atoms with Gasteiger partial charge in [0.05, 0.1) is 18.7 Å². The molecule has 1 aliphatic heterocycles. The number of anilines is 1. The first-order valence-electron chi connectivity index (χ1n) is 11.9. The minimum atomic E-state index is -0.232. The molecule has 0 amide bonds. The summed E-state index contributed by atoms with van der Waals surface area (Å²) in [5.74, 6) is 1.79. The molecule has 4 aromatic rings. The highest BCUT2D eigenvalue weighted by atomic mass is 32.1. The van der Waals surface area contributed by atoms with Crippen molar-refractivity contribution in [3.05, 3.63) is 101 Å². The standard InChI is InChI=1S/C29H28N4O2S/c1-5-20-8-12-21(13-9-20)26-25(28-31-27(32-35-28)22-10-6-18(2)7-11-22)19(3)33(29(36)30-26)23-14-16-24(34-4)17-15-23/h6-17,26H,5H2,1-4H3,(H,30,36). The van der Waals surface area contributed by atoms with Crippen molar-refractivity contribution in [2.24, 2.45) is 0 Å². The molecule has 0 aliphatic carbocycles. The van der Waals surface area contributed by atoms with Gasteiger partial charge in [0, 0.05) is 16.9 Å². The summed E-state index contributed by atoms with van der Waals surface area (Å²) in [6.07, 6.45) is 0.979. The molecule has 3 aromatic carbocycles. The molecule has 6 nitrogen and oxygen atoms in total. The Morgan fingerprint density at radius 1 is 0.972 bits per heavy atom. The number of ether oxygens (including phenoxy) is 1. The summed E-state index contributed by atoms with van der Waals surface area (Å²) in [5.41, 5.74) is 7.16. The minimum absolute atomic E-state index is 0.232. The molecule has 1 aliphatic rings. The molecular formula is C29H28N4O2S. The second-order valence-corrected chi connectivity index (χ2v) is 9.19. The molecule has 0 bridgehead atoms. The summed E-state index contributed by atoms with van der Waals surface area (Å²) in [6, 6.07) is 24.2. The van der Waals surface area contributed by atoms with E-state index < -0.39 is 0 Å². The molecule has 2 heterocycles. The van der Waals surface area contributed by atoms with Crippen LogP contribution in [-0.2, 0) is 6.42 Å². The lowest BCUT2D eigenvalue weighted by Gasteiger charge is -2.37. The van der Waals surface area contributed by atoms with Crippen LogP contribution in [0.2, 0.25) is 0 Å². The number of aromatic nitrogens is 2. The number of thiocarbonyl (C=S) groups is 1. The molecule has 36 heavy (non-hydrogen) atoms. The van der Waals surface area contributed by atoms with Gasteiger partial charge >= 0.3 is 0 Å². The Balaban J connectivity index is 1.62. The first-order chi connectivity index (χ1) is 17.5. The smallest absolute Gasteiger partial charge is 0.258 e. The molecule has 0 radical (unpaired) electrons. The molecule has 0 fully saturated rings. The van der Waals surface area contributed by atoms with Crippen molar-refractivity contribution in [3.63, 3.8) is 0 Å². The number of methoxy groups -OCH3 is 1. The van der Waals surface area contributed by atoms with Crippen molar-refractivity contribution in [1.82, 2.24) is 15.5 Å². The number of rotatable bonds is 6. The van der Waals surface area contributed by atoms with E-state index in [1.807, 2.05) is 60.4 Å². The van der Waals surface area contributed by atoms with Crippen LogP contribution in [0.25, 0.3) is 17.0 Å². The van der Waals surface area contributed by atoms with Gasteiger partial charge in [-0.15, -0.1) is 0 Å². The predicted molar refractivity (Wildman–Crippen MR) is 147 cm³/mol. The topological polar surface area (TPSA) is 63.4 Å². The van der Waals surface area contributed by atoms with Crippen molar-refractivity contribution in [3.8, 4) is 17.1 Å². The van der Waals surface area contributed by atoms with E-state index in [1.54, 1.807) is 7.11 Å². The van der Waals surface area contributed by atoms with Gasteiger partial charge in [-0.1, -0.05) is 66.2 Å². The van der Waals surface area contributed by atoms with E-state index in [2.05, 4.69) is 48.6 Å². The number of nitrogens with zero attached hydrogens (tertiary/aromatic N) is 3. The van der Waals surface area contributed by atoms with E-state index in [0.717, 1.165) is 40.3 Å². The van der Waals surface area contributed by atoms with Gasteiger partial charge in [-0.3, -0.25) is 4.90 Å². The van der Waals surface area contributed by atoms with Gasteiger partial charge in [0.25, 0.3) is 5.89 Å². The molecule has 1 N–H and O–H groups in total. The average molecular weight is 497 g/mol. The first-order valence-corrected chi connectivity index (χ1v) is 12.3. The van der Waals surface area contributed by atoms with E-state index in [9.17, 15) is 0 Å². The molecule has 1 aromatic heterocycles. The second kappa shape index (κ2) is 9.95. The number of benzene rings is 3. The van der Waals surface area contributed by atoms with Crippen LogP contribution in [0.15, 0.2) is 83.0 Å². The first kappa shape index (κ1) is 23.8. The third-order valence-corrected chi connectivity index (χ3v) is 6.80.